The molecule has 1 aromatic rings. The highest BCUT2D eigenvalue weighted by Gasteiger charge is 2.20. The summed E-state index contributed by atoms with van der Waals surface area (Å²) in [5.41, 5.74) is 3.28. The van der Waals surface area contributed by atoms with Crippen LogP contribution in [0.1, 0.15) is 90.5 Å². The van der Waals surface area contributed by atoms with Crippen molar-refractivity contribution in [3.8, 4) is 0 Å². The molecule has 0 bridgehead atoms. The van der Waals surface area contributed by atoms with Crippen molar-refractivity contribution in [1.29, 1.82) is 0 Å². The SMILES string of the molecule is CCC(CC)CCC1CC=C(C(CC)CCCc2ccccc2)CC1. The second-order valence-electron chi connectivity index (χ2n) is 8.16. The smallest absolute Gasteiger partial charge is 0.0206 e. The van der Waals surface area contributed by atoms with Crippen LogP contribution in [0.25, 0.3) is 0 Å². The Balaban J connectivity index is 1.73. The number of benzene rings is 1. The van der Waals surface area contributed by atoms with Gasteiger partial charge in [0.05, 0.1) is 0 Å². The molecule has 0 aromatic heterocycles. The van der Waals surface area contributed by atoms with Crippen molar-refractivity contribution in [2.24, 2.45) is 17.8 Å². The van der Waals surface area contributed by atoms with Crippen LogP contribution in [0.15, 0.2) is 42.0 Å². The van der Waals surface area contributed by atoms with E-state index >= 15 is 0 Å². The molecule has 0 radical (unpaired) electrons. The highest BCUT2D eigenvalue weighted by molar-refractivity contribution is 5.15. The summed E-state index contributed by atoms with van der Waals surface area (Å²) in [4.78, 5) is 0. The van der Waals surface area contributed by atoms with Crippen molar-refractivity contribution < 1.29 is 0 Å². The molecule has 0 nitrogen and oxygen atoms in total. The Morgan fingerprint density at radius 3 is 2.32 bits per heavy atom. The van der Waals surface area contributed by atoms with Gasteiger partial charge in [-0.1, -0.05) is 82.0 Å². The molecule has 2 unspecified atom stereocenters. The van der Waals surface area contributed by atoms with E-state index in [-0.39, 0.29) is 0 Å². The van der Waals surface area contributed by atoms with Crippen LogP contribution in [0.4, 0.5) is 0 Å². The number of allylic oxidation sites excluding steroid dienone is 2. The highest BCUT2D eigenvalue weighted by atomic mass is 14.3. The third kappa shape index (κ3) is 7.00. The first kappa shape index (κ1) is 20.3. The zero-order valence-electron chi connectivity index (χ0n) is 17.0. The molecule has 0 spiro atoms. The van der Waals surface area contributed by atoms with Crippen LogP contribution in [0.3, 0.4) is 0 Å². The van der Waals surface area contributed by atoms with Gasteiger partial charge in [-0.15, -0.1) is 0 Å². The standard InChI is InChI=1S/C25H40/c1-4-21(5-2)15-16-23-17-19-25(20-18-23)24(6-3)14-10-13-22-11-8-7-9-12-22/h7-9,11-12,19,21,23-24H,4-6,10,13-18,20H2,1-3H3. The van der Waals surface area contributed by atoms with Gasteiger partial charge in [0.2, 0.25) is 0 Å². The number of hydrogen-bond donors (Lipinski definition) is 0. The maximum Gasteiger partial charge on any atom is -0.0206 e. The zero-order valence-corrected chi connectivity index (χ0v) is 17.0. The van der Waals surface area contributed by atoms with Gasteiger partial charge >= 0.3 is 0 Å². The van der Waals surface area contributed by atoms with E-state index in [1.54, 1.807) is 5.57 Å². The van der Waals surface area contributed by atoms with Crippen molar-refractivity contribution in [2.45, 2.75) is 91.4 Å². The summed E-state index contributed by atoms with van der Waals surface area (Å²) in [7, 11) is 0. The van der Waals surface area contributed by atoms with E-state index in [0.717, 1.165) is 17.8 Å². The Morgan fingerprint density at radius 1 is 0.960 bits per heavy atom. The van der Waals surface area contributed by atoms with Gasteiger partial charge in [-0.05, 0) is 74.7 Å². The quantitative estimate of drug-likeness (QED) is 0.358. The Labute approximate surface area is 157 Å². The van der Waals surface area contributed by atoms with E-state index in [4.69, 9.17) is 0 Å². The van der Waals surface area contributed by atoms with E-state index in [2.05, 4.69) is 57.2 Å². The Kier molecular flexibility index (Phi) is 9.37. The average Bonchev–Trinajstić information content (AvgIpc) is 2.67. The predicted molar refractivity (Wildman–Crippen MR) is 112 cm³/mol. The summed E-state index contributed by atoms with van der Waals surface area (Å²) in [6.45, 7) is 7.09. The summed E-state index contributed by atoms with van der Waals surface area (Å²) < 4.78 is 0. The van der Waals surface area contributed by atoms with E-state index in [0.29, 0.717) is 0 Å². The predicted octanol–water partition coefficient (Wildman–Crippen LogP) is 7.98. The Bertz CT molecular complexity index is 480. The minimum atomic E-state index is 0.837. The number of aryl methyl sites for hydroxylation is 1. The van der Waals surface area contributed by atoms with Crippen LogP contribution in [0.2, 0.25) is 0 Å². The van der Waals surface area contributed by atoms with Crippen LogP contribution >= 0.6 is 0 Å². The zero-order chi connectivity index (χ0) is 17.9. The van der Waals surface area contributed by atoms with Gasteiger partial charge in [0.15, 0.2) is 0 Å². The molecule has 0 heteroatoms. The lowest BCUT2D eigenvalue weighted by Gasteiger charge is -2.27. The molecule has 1 aromatic carbocycles. The molecule has 0 fully saturated rings. The van der Waals surface area contributed by atoms with Crippen LogP contribution in [-0.2, 0) is 6.42 Å². The van der Waals surface area contributed by atoms with Gasteiger partial charge in [0.25, 0.3) is 0 Å². The van der Waals surface area contributed by atoms with Crippen LogP contribution in [0, 0.1) is 17.8 Å². The summed E-state index contributed by atoms with van der Waals surface area (Å²) in [6.07, 6.45) is 17.7. The molecule has 2 atom stereocenters. The summed E-state index contributed by atoms with van der Waals surface area (Å²) in [5.74, 6) is 2.77. The molecule has 0 amide bonds. The minimum absolute atomic E-state index is 0.837. The molecule has 140 valence electrons. The highest BCUT2D eigenvalue weighted by Crippen LogP contribution is 2.35. The molecule has 0 aliphatic heterocycles. The first-order chi connectivity index (χ1) is 12.3. The van der Waals surface area contributed by atoms with Crippen molar-refractivity contribution in [3.05, 3.63) is 47.5 Å². The van der Waals surface area contributed by atoms with Crippen molar-refractivity contribution >= 4 is 0 Å². The van der Waals surface area contributed by atoms with Gasteiger partial charge < -0.3 is 0 Å². The van der Waals surface area contributed by atoms with E-state index in [1.165, 1.54) is 76.2 Å². The van der Waals surface area contributed by atoms with Crippen molar-refractivity contribution in [1.82, 2.24) is 0 Å². The molecular weight excluding hydrogens is 300 g/mol. The fourth-order valence-corrected chi connectivity index (χ4v) is 4.56. The Morgan fingerprint density at radius 2 is 1.72 bits per heavy atom. The number of rotatable bonds is 11. The first-order valence-electron chi connectivity index (χ1n) is 11.0. The van der Waals surface area contributed by atoms with Gasteiger partial charge in [-0.2, -0.15) is 0 Å². The summed E-state index contributed by atoms with van der Waals surface area (Å²) in [6, 6.07) is 11.0. The first-order valence-corrected chi connectivity index (χ1v) is 11.0. The lowest BCUT2D eigenvalue weighted by Crippen LogP contribution is -2.13. The maximum atomic E-state index is 2.64. The molecule has 1 aliphatic rings. The van der Waals surface area contributed by atoms with Crippen LogP contribution < -0.4 is 0 Å². The van der Waals surface area contributed by atoms with E-state index in [1.807, 2.05) is 0 Å². The fourth-order valence-electron chi connectivity index (χ4n) is 4.56. The monoisotopic (exact) mass is 340 g/mol. The van der Waals surface area contributed by atoms with E-state index < -0.39 is 0 Å². The number of hydrogen-bond acceptors (Lipinski definition) is 0. The second-order valence-corrected chi connectivity index (χ2v) is 8.16. The van der Waals surface area contributed by atoms with Crippen molar-refractivity contribution in [3.63, 3.8) is 0 Å². The fraction of sp³-hybridized carbons (Fsp3) is 0.680. The Hall–Kier alpha value is -1.04. The molecule has 1 aliphatic carbocycles. The molecule has 0 heterocycles. The maximum absolute atomic E-state index is 2.64. The second kappa shape index (κ2) is 11.6. The van der Waals surface area contributed by atoms with Crippen molar-refractivity contribution in [2.75, 3.05) is 0 Å². The molecular formula is C25H40. The normalized spacial score (nSPS) is 19.0. The van der Waals surface area contributed by atoms with Crippen LogP contribution in [-0.4, -0.2) is 0 Å². The lowest BCUT2D eigenvalue weighted by molar-refractivity contribution is 0.346. The lowest BCUT2D eigenvalue weighted by atomic mass is 9.78. The third-order valence-electron chi connectivity index (χ3n) is 6.57. The van der Waals surface area contributed by atoms with Gasteiger partial charge in [-0.3, -0.25) is 0 Å². The molecule has 2 rings (SSSR count). The van der Waals surface area contributed by atoms with Crippen LogP contribution in [0.5, 0.6) is 0 Å². The van der Waals surface area contributed by atoms with E-state index in [9.17, 15) is 0 Å². The van der Waals surface area contributed by atoms with Gasteiger partial charge in [0, 0.05) is 0 Å². The molecule has 0 saturated heterocycles. The third-order valence-corrected chi connectivity index (χ3v) is 6.57. The average molecular weight is 341 g/mol. The molecule has 0 saturated carbocycles. The largest absolute Gasteiger partial charge is 0.0848 e. The summed E-state index contributed by atoms with van der Waals surface area (Å²) >= 11 is 0. The van der Waals surface area contributed by atoms with Gasteiger partial charge in [0.1, 0.15) is 0 Å². The summed E-state index contributed by atoms with van der Waals surface area (Å²) in [5, 5.41) is 0. The molecule has 25 heavy (non-hydrogen) atoms. The minimum Gasteiger partial charge on any atom is -0.0848 e. The van der Waals surface area contributed by atoms with Gasteiger partial charge in [-0.25, -0.2) is 0 Å². The molecule has 0 N–H and O–H groups in total. The topological polar surface area (TPSA) is 0 Å².